The Balaban J connectivity index is 1.40. The molecule has 0 spiro atoms. The second-order valence-corrected chi connectivity index (χ2v) is 15.7. The molecule has 0 amide bonds. The Bertz CT molecular complexity index is 1950. The molecule has 4 heterocycles. The summed E-state index contributed by atoms with van der Waals surface area (Å²) in [5.74, 6) is 1.42. The fraction of sp³-hybridized carbons (Fsp3) is 0.323. The highest BCUT2D eigenvalue weighted by Gasteiger charge is 2.36. The molecule has 45 heavy (non-hydrogen) atoms. The van der Waals surface area contributed by atoms with Crippen LogP contribution >= 0.6 is 23.1 Å². The lowest BCUT2D eigenvalue weighted by atomic mass is 9.87. The van der Waals surface area contributed by atoms with Crippen molar-refractivity contribution in [3.63, 3.8) is 0 Å². The second kappa shape index (κ2) is 12.1. The number of fused-ring (bicyclic) bond motifs is 1. The average Bonchev–Trinajstić information content (AvgIpc) is 3.43. The van der Waals surface area contributed by atoms with Gasteiger partial charge in [0.25, 0.3) is 0 Å². The quantitative estimate of drug-likeness (QED) is 0.176. The molecule has 1 aliphatic heterocycles. The van der Waals surface area contributed by atoms with Crippen LogP contribution in [0.15, 0.2) is 59.7 Å². The summed E-state index contributed by atoms with van der Waals surface area (Å²) in [7, 11) is 0.755. The van der Waals surface area contributed by atoms with Gasteiger partial charge in [-0.15, -0.1) is 0 Å². The molecule has 0 saturated carbocycles. The van der Waals surface area contributed by atoms with Crippen molar-refractivity contribution in [2.24, 2.45) is 7.05 Å². The molecule has 0 radical (unpaired) electrons. The largest absolute Gasteiger partial charge is 0.495 e. The molecule has 234 valence electrons. The Morgan fingerprint density at radius 3 is 2.64 bits per heavy atom. The van der Waals surface area contributed by atoms with Crippen LogP contribution in [0, 0.1) is 0 Å². The van der Waals surface area contributed by atoms with E-state index >= 15 is 0 Å². The zero-order valence-electron chi connectivity index (χ0n) is 25.9. The molecule has 1 fully saturated rings. The lowest BCUT2D eigenvalue weighted by Gasteiger charge is -2.39. The van der Waals surface area contributed by atoms with E-state index in [1.54, 1.807) is 43.7 Å². The maximum absolute atomic E-state index is 13.4. The van der Waals surface area contributed by atoms with Crippen molar-refractivity contribution in [3.05, 3.63) is 65.3 Å². The van der Waals surface area contributed by atoms with Gasteiger partial charge in [0.05, 0.1) is 46.1 Å². The van der Waals surface area contributed by atoms with Crippen molar-refractivity contribution in [1.82, 2.24) is 35.0 Å². The fourth-order valence-corrected chi connectivity index (χ4v) is 7.40. The van der Waals surface area contributed by atoms with E-state index in [0.29, 0.717) is 56.2 Å². The molecule has 6 rings (SSSR count). The van der Waals surface area contributed by atoms with Crippen molar-refractivity contribution < 1.29 is 14.0 Å². The van der Waals surface area contributed by atoms with E-state index in [1.165, 1.54) is 0 Å². The summed E-state index contributed by atoms with van der Waals surface area (Å²) in [6, 6.07) is 7.71. The number of benzene rings is 2. The van der Waals surface area contributed by atoms with Crippen LogP contribution in [0.2, 0.25) is 0 Å². The minimum Gasteiger partial charge on any atom is -0.495 e. The molecule has 1 aliphatic rings. The molecular weight excluding hydrogens is 657 g/mol. The molecule has 5 aromatic rings. The Labute approximate surface area is 269 Å². The Kier molecular flexibility index (Phi) is 8.38. The number of methoxy groups -OCH3 is 1. The molecule has 1 saturated heterocycles. The van der Waals surface area contributed by atoms with E-state index in [9.17, 15) is 4.57 Å². The SMILES string of the molecule is COc1cc([C@]2(C)CNC[C@@H](C)O2)c(-c2cnn(C)c2)cc1Nc1ncc(Br)c(Nc2ccc3nccnc3c2P(C)(C)=O)n1. The van der Waals surface area contributed by atoms with Crippen molar-refractivity contribution in [2.45, 2.75) is 25.6 Å². The third-order valence-corrected chi connectivity index (χ3v) is 9.79. The summed E-state index contributed by atoms with van der Waals surface area (Å²) in [5.41, 5.74) is 4.83. The number of aryl methyl sites for hydroxylation is 1. The number of anilines is 4. The predicted octanol–water partition coefficient (Wildman–Crippen LogP) is 5.55. The molecule has 2 atom stereocenters. The molecule has 3 aromatic heterocycles. The Hall–Kier alpha value is -3.90. The molecule has 0 bridgehead atoms. The van der Waals surface area contributed by atoms with Gasteiger partial charge in [-0.25, -0.2) is 4.98 Å². The van der Waals surface area contributed by atoms with E-state index in [2.05, 4.69) is 65.8 Å². The number of halogens is 1. The van der Waals surface area contributed by atoms with Gasteiger partial charge < -0.3 is 30.0 Å². The van der Waals surface area contributed by atoms with Gasteiger partial charge in [-0.1, -0.05) is 0 Å². The molecule has 12 nitrogen and oxygen atoms in total. The second-order valence-electron chi connectivity index (χ2n) is 11.7. The van der Waals surface area contributed by atoms with E-state index in [0.717, 1.165) is 23.2 Å². The zero-order chi connectivity index (χ0) is 31.9. The van der Waals surface area contributed by atoms with Crippen LogP contribution in [-0.4, -0.2) is 69.3 Å². The molecular formula is C31H35BrN9O3P. The van der Waals surface area contributed by atoms with Crippen LogP contribution in [0.5, 0.6) is 5.75 Å². The molecule has 3 N–H and O–H groups in total. The first-order valence-electron chi connectivity index (χ1n) is 14.4. The summed E-state index contributed by atoms with van der Waals surface area (Å²) < 4.78 is 28.2. The summed E-state index contributed by atoms with van der Waals surface area (Å²) >= 11 is 3.57. The third kappa shape index (κ3) is 6.30. The van der Waals surface area contributed by atoms with Gasteiger partial charge in [-0.05, 0) is 78.5 Å². The van der Waals surface area contributed by atoms with Crippen molar-refractivity contribution in [2.75, 3.05) is 44.2 Å². The topological polar surface area (TPSA) is 141 Å². The molecule has 2 aromatic carbocycles. The van der Waals surface area contributed by atoms with Gasteiger partial charge in [0.1, 0.15) is 29.8 Å². The number of rotatable bonds is 8. The lowest BCUT2D eigenvalue weighted by Crippen LogP contribution is -2.49. The molecule has 0 aliphatic carbocycles. The van der Waals surface area contributed by atoms with Crippen LogP contribution in [0.3, 0.4) is 0 Å². The van der Waals surface area contributed by atoms with E-state index < -0.39 is 12.7 Å². The highest BCUT2D eigenvalue weighted by molar-refractivity contribution is 9.10. The van der Waals surface area contributed by atoms with Gasteiger partial charge in [0, 0.05) is 50.5 Å². The fourth-order valence-electron chi connectivity index (χ4n) is 5.71. The van der Waals surface area contributed by atoms with Crippen molar-refractivity contribution in [3.8, 4) is 16.9 Å². The summed E-state index contributed by atoms with van der Waals surface area (Å²) in [4.78, 5) is 18.2. The van der Waals surface area contributed by atoms with Crippen molar-refractivity contribution >= 4 is 62.6 Å². The number of morpholine rings is 1. The van der Waals surface area contributed by atoms with E-state index in [-0.39, 0.29) is 6.10 Å². The molecule has 0 unspecified atom stereocenters. The number of hydrogen-bond donors (Lipinski definition) is 3. The number of nitrogens with one attached hydrogen (secondary N) is 3. The van der Waals surface area contributed by atoms with Gasteiger partial charge in [0.15, 0.2) is 0 Å². The number of ether oxygens (including phenoxy) is 2. The average molecular weight is 693 g/mol. The smallest absolute Gasteiger partial charge is 0.229 e. The normalized spacial score (nSPS) is 18.6. The standard InChI is InChI=1S/C31H35BrN9O3P/c1-18-13-33-17-31(2,44-18)21-12-26(43-4)25(11-20(21)19-14-37-41(3)16-19)39-30-36-15-22(32)29(40-30)38-24-8-7-23-27(35-10-9-34-23)28(24)45(5,6)42/h7-12,14-16,18,33H,13,17H2,1-6H3,(H2,36,38,39,40)/t18-,31+/m1/s1. The first-order valence-corrected chi connectivity index (χ1v) is 17.8. The molecule has 14 heteroatoms. The van der Waals surface area contributed by atoms with E-state index in [4.69, 9.17) is 14.5 Å². The zero-order valence-corrected chi connectivity index (χ0v) is 28.4. The van der Waals surface area contributed by atoms with Crippen LogP contribution < -0.4 is 26.0 Å². The van der Waals surface area contributed by atoms with Crippen LogP contribution in [0.4, 0.5) is 23.1 Å². The van der Waals surface area contributed by atoms with Gasteiger partial charge >= 0.3 is 0 Å². The minimum atomic E-state index is -2.77. The Morgan fingerprint density at radius 2 is 1.93 bits per heavy atom. The highest BCUT2D eigenvalue weighted by Crippen LogP contribution is 2.43. The van der Waals surface area contributed by atoms with Gasteiger partial charge in [-0.3, -0.25) is 14.6 Å². The summed E-state index contributed by atoms with van der Waals surface area (Å²) in [6.45, 7) is 9.02. The maximum atomic E-state index is 13.4. The van der Waals surface area contributed by atoms with Crippen molar-refractivity contribution in [1.29, 1.82) is 0 Å². The van der Waals surface area contributed by atoms with E-state index in [1.807, 2.05) is 43.7 Å². The minimum absolute atomic E-state index is 0.0425. The number of hydrogen-bond acceptors (Lipinski definition) is 11. The number of aromatic nitrogens is 6. The predicted molar refractivity (Wildman–Crippen MR) is 181 cm³/mol. The van der Waals surface area contributed by atoms with Gasteiger partial charge in [-0.2, -0.15) is 10.1 Å². The van der Waals surface area contributed by atoms with Crippen LogP contribution in [0.1, 0.15) is 19.4 Å². The first kappa shape index (κ1) is 31.1. The lowest BCUT2D eigenvalue weighted by molar-refractivity contribution is -0.102. The Morgan fingerprint density at radius 1 is 1.13 bits per heavy atom. The van der Waals surface area contributed by atoms with Crippen LogP contribution in [0.25, 0.3) is 22.2 Å². The summed E-state index contributed by atoms with van der Waals surface area (Å²) in [5, 5.41) is 15.2. The number of nitrogens with zero attached hydrogens (tertiary/aromatic N) is 6. The van der Waals surface area contributed by atoms with Crippen LogP contribution in [-0.2, 0) is 22.0 Å². The monoisotopic (exact) mass is 691 g/mol. The third-order valence-electron chi connectivity index (χ3n) is 7.68. The van der Waals surface area contributed by atoms with Gasteiger partial charge in [0.2, 0.25) is 5.95 Å². The highest BCUT2D eigenvalue weighted by atomic mass is 79.9. The maximum Gasteiger partial charge on any atom is 0.229 e. The summed E-state index contributed by atoms with van der Waals surface area (Å²) in [6.07, 6.45) is 8.73. The first-order chi connectivity index (χ1) is 21.4.